The van der Waals surface area contributed by atoms with Crippen molar-refractivity contribution in [3.05, 3.63) is 47.3 Å². The van der Waals surface area contributed by atoms with Crippen LogP contribution in [-0.4, -0.2) is 21.1 Å². The molecule has 0 radical (unpaired) electrons. The van der Waals surface area contributed by atoms with E-state index >= 15 is 0 Å². The Labute approximate surface area is 140 Å². The van der Waals surface area contributed by atoms with Gasteiger partial charge in [-0.25, -0.2) is 9.97 Å². The molecular weight excluding hydrogens is 334 g/mol. The molecule has 0 aliphatic heterocycles. The van der Waals surface area contributed by atoms with Gasteiger partial charge in [-0.05, 0) is 6.92 Å². The fourth-order valence-electron chi connectivity index (χ4n) is 1.75. The van der Waals surface area contributed by atoms with Crippen LogP contribution in [-0.2, 0) is 4.79 Å². The number of benzene rings is 1. The monoisotopic (exact) mass is 347 g/mol. The molecule has 1 N–H and O–H groups in total. The first-order valence-electron chi connectivity index (χ1n) is 6.60. The molecule has 1 aromatic carbocycles. The Hall–Kier alpha value is -1.70. The summed E-state index contributed by atoms with van der Waals surface area (Å²) >= 11 is 4.43. The van der Waals surface area contributed by atoms with E-state index < -0.39 is 0 Å². The fraction of sp³-hybridized carbons (Fsp3) is 0.133. The van der Waals surface area contributed by atoms with Crippen LogP contribution in [0.25, 0.3) is 11.3 Å². The minimum atomic E-state index is -0.223. The average Bonchev–Trinajstić information content (AvgIpc) is 3.20. The zero-order chi connectivity index (χ0) is 15.4. The van der Waals surface area contributed by atoms with Crippen LogP contribution >= 0.6 is 34.4 Å². The van der Waals surface area contributed by atoms with Crippen molar-refractivity contribution in [3.8, 4) is 11.3 Å². The van der Waals surface area contributed by atoms with Crippen LogP contribution in [0.1, 0.15) is 6.92 Å². The molecule has 2 heterocycles. The smallest absolute Gasteiger partial charge is 0.239 e. The van der Waals surface area contributed by atoms with Crippen LogP contribution in [0.4, 0.5) is 5.13 Å². The number of carbonyl (C=O) groups is 1. The predicted molar refractivity (Wildman–Crippen MR) is 93.6 cm³/mol. The number of rotatable bonds is 5. The van der Waals surface area contributed by atoms with E-state index in [2.05, 4.69) is 15.3 Å². The Morgan fingerprint density at radius 3 is 2.82 bits per heavy atom. The van der Waals surface area contributed by atoms with Crippen LogP contribution in [0.15, 0.2) is 51.6 Å². The SMILES string of the molecule is CC(Sc1nc(-c2ccccc2)cs1)C(=O)Nc1nccs1. The number of nitrogens with one attached hydrogen (secondary N) is 1. The first kappa shape index (κ1) is 15.2. The molecule has 0 aliphatic carbocycles. The highest BCUT2D eigenvalue weighted by Gasteiger charge is 2.17. The van der Waals surface area contributed by atoms with E-state index in [4.69, 9.17) is 0 Å². The quantitative estimate of drug-likeness (QED) is 0.696. The van der Waals surface area contributed by atoms with Gasteiger partial charge in [-0.2, -0.15) is 0 Å². The number of hydrogen-bond acceptors (Lipinski definition) is 6. The highest BCUT2D eigenvalue weighted by Crippen LogP contribution is 2.31. The Morgan fingerprint density at radius 1 is 1.27 bits per heavy atom. The number of hydrogen-bond donors (Lipinski definition) is 1. The number of amides is 1. The molecular formula is C15H13N3OS3. The standard InChI is InChI=1S/C15H13N3OS3/c1-10(13(19)18-14-16-7-8-20-14)22-15-17-12(9-21-15)11-5-3-2-4-6-11/h2-10H,1H3,(H,16,18,19). The second-order valence-electron chi connectivity index (χ2n) is 4.45. The second-order valence-corrected chi connectivity index (χ2v) is 7.79. The Morgan fingerprint density at radius 2 is 2.09 bits per heavy atom. The topological polar surface area (TPSA) is 54.9 Å². The summed E-state index contributed by atoms with van der Waals surface area (Å²) in [7, 11) is 0. The van der Waals surface area contributed by atoms with E-state index in [1.807, 2.05) is 48.0 Å². The van der Waals surface area contributed by atoms with E-state index in [0.717, 1.165) is 15.6 Å². The highest BCUT2D eigenvalue weighted by molar-refractivity contribution is 8.02. The molecule has 0 saturated heterocycles. The largest absolute Gasteiger partial charge is 0.301 e. The molecule has 0 aliphatic rings. The maximum Gasteiger partial charge on any atom is 0.239 e. The number of anilines is 1. The normalized spacial score (nSPS) is 12.0. The number of aromatic nitrogens is 2. The molecule has 22 heavy (non-hydrogen) atoms. The lowest BCUT2D eigenvalue weighted by Gasteiger charge is -2.08. The summed E-state index contributed by atoms with van der Waals surface area (Å²) in [5, 5.41) is 7.06. The first-order chi connectivity index (χ1) is 10.7. The van der Waals surface area contributed by atoms with Crippen molar-refractivity contribution < 1.29 is 4.79 Å². The molecule has 0 spiro atoms. The Balaban J connectivity index is 1.63. The second kappa shape index (κ2) is 7.04. The maximum absolute atomic E-state index is 12.1. The lowest BCUT2D eigenvalue weighted by molar-refractivity contribution is -0.115. The number of carbonyl (C=O) groups excluding carboxylic acids is 1. The zero-order valence-electron chi connectivity index (χ0n) is 11.7. The van der Waals surface area contributed by atoms with Gasteiger partial charge in [-0.15, -0.1) is 22.7 Å². The van der Waals surface area contributed by atoms with Crippen molar-refractivity contribution in [2.45, 2.75) is 16.5 Å². The number of nitrogens with zero attached hydrogens (tertiary/aromatic N) is 2. The van der Waals surface area contributed by atoms with Crippen LogP contribution in [0.5, 0.6) is 0 Å². The van der Waals surface area contributed by atoms with Crippen LogP contribution in [0, 0.1) is 0 Å². The summed E-state index contributed by atoms with van der Waals surface area (Å²) in [5.41, 5.74) is 2.03. The van der Waals surface area contributed by atoms with Crippen molar-refractivity contribution in [2.24, 2.45) is 0 Å². The molecule has 0 bridgehead atoms. The van der Waals surface area contributed by atoms with Gasteiger partial charge in [0.15, 0.2) is 9.47 Å². The van der Waals surface area contributed by atoms with Crippen molar-refractivity contribution >= 4 is 45.5 Å². The molecule has 3 aromatic rings. The molecule has 7 heteroatoms. The fourth-order valence-corrected chi connectivity index (χ4v) is 4.25. The maximum atomic E-state index is 12.1. The number of thiazole rings is 2. The van der Waals surface area contributed by atoms with Crippen molar-refractivity contribution in [3.63, 3.8) is 0 Å². The number of thioether (sulfide) groups is 1. The summed E-state index contributed by atoms with van der Waals surface area (Å²) in [6, 6.07) is 10.0. The van der Waals surface area contributed by atoms with Crippen molar-refractivity contribution in [1.29, 1.82) is 0 Å². The molecule has 4 nitrogen and oxygen atoms in total. The highest BCUT2D eigenvalue weighted by atomic mass is 32.2. The van der Waals surface area contributed by atoms with E-state index in [1.165, 1.54) is 23.1 Å². The molecule has 2 aromatic heterocycles. The van der Waals surface area contributed by atoms with Crippen LogP contribution in [0.2, 0.25) is 0 Å². The summed E-state index contributed by atoms with van der Waals surface area (Å²) in [6.45, 7) is 1.87. The van der Waals surface area contributed by atoms with E-state index in [-0.39, 0.29) is 11.2 Å². The minimum Gasteiger partial charge on any atom is -0.301 e. The molecule has 0 fully saturated rings. The first-order valence-corrected chi connectivity index (χ1v) is 9.24. The summed E-state index contributed by atoms with van der Waals surface area (Å²) < 4.78 is 0.889. The minimum absolute atomic E-state index is 0.0589. The lowest BCUT2D eigenvalue weighted by atomic mass is 10.2. The van der Waals surface area contributed by atoms with Gasteiger partial charge >= 0.3 is 0 Å². The third-order valence-corrected chi connectivity index (χ3v) is 5.62. The third-order valence-electron chi connectivity index (χ3n) is 2.86. The van der Waals surface area contributed by atoms with Gasteiger partial charge < -0.3 is 5.32 Å². The molecule has 1 atom stereocenters. The van der Waals surface area contributed by atoms with Gasteiger partial charge in [0.1, 0.15) is 0 Å². The molecule has 3 rings (SSSR count). The summed E-state index contributed by atoms with van der Waals surface area (Å²) in [5.74, 6) is -0.0589. The molecule has 112 valence electrons. The van der Waals surface area contributed by atoms with Crippen molar-refractivity contribution in [1.82, 2.24) is 9.97 Å². The van der Waals surface area contributed by atoms with Gasteiger partial charge in [-0.1, -0.05) is 42.1 Å². The molecule has 1 amide bonds. The zero-order valence-corrected chi connectivity index (χ0v) is 14.2. The summed E-state index contributed by atoms with van der Waals surface area (Å²) in [4.78, 5) is 20.7. The third kappa shape index (κ3) is 3.73. The van der Waals surface area contributed by atoms with Gasteiger partial charge in [0, 0.05) is 22.5 Å². The van der Waals surface area contributed by atoms with Crippen LogP contribution < -0.4 is 5.32 Å². The van der Waals surface area contributed by atoms with E-state index in [0.29, 0.717) is 5.13 Å². The van der Waals surface area contributed by atoms with E-state index in [1.54, 1.807) is 17.5 Å². The summed E-state index contributed by atoms with van der Waals surface area (Å²) in [6.07, 6.45) is 1.67. The Kier molecular flexibility index (Phi) is 4.87. The van der Waals surface area contributed by atoms with Gasteiger partial charge in [0.25, 0.3) is 0 Å². The van der Waals surface area contributed by atoms with Crippen molar-refractivity contribution in [2.75, 3.05) is 5.32 Å². The average molecular weight is 347 g/mol. The van der Waals surface area contributed by atoms with Gasteiger partial charge in [0.05, 0.1) is 10.9 Å². The lowest BCUT2D eigenvalue weighted by Crippen LogP contribution is -2.22. The molecule has 1 unspecified atom stereocenters. The van der Waals surface area contributed by atoms with Gasteiger partial charge in [-0.3, -0.25) is 4.79 Å². The van der Waals surface area contributed by atoms with E-state index in [9.17, 15) is 4.79 Å². The van der Waals surface area contributed by atoms with Crippen LogP contribution in [0.3, 0.4) is 0 Å². The molecule has 0 saturated carbocycles. The predicted octanol–water partition coefficient (Wildman–Crippen LogP) is 4.39. The van der Waals surface area contributed by atoms with Gasteiger partial charge in [0.2, 0.25) is 5.91 Å². The Bertz CT molecular complexity index is 741.